The number of carbonyl (C=O) groups is 1. The molecular weight excluding hydrogens is 504 g/mol. The first-order valence-electron chi connectivity index (χ1n) is 10.1. The molecule has 3 aromatic carbocycles. The van der Waals surface area contributed by atoms with Gasteiger partial charge in [-0.3, -0.25) is 9.69 Å². The van der Waals surface area contributed by atoms with Crippen LogP contribution in [0, 0.1) is 6.92 Å². The predicted molar refractivity (Wildman–Crippen MR) is 132 cm³/mol. The van der Waals surface area contributed by atoms with Crippen molar-refractivity contribution in [1.29, 1.82) is 0 Å². The number of hydrogen-bond donors (Lipinski definition) is 0. The number of carbonyl (C=O) groups excluding carboxylic acids is 1. The van der Waals surface area contributed by atoms with Gasteiger partial charge >= 0.3 is 0 Å². The number of aryl methyl sites for hydroxylation is 1. The topological polar surface area (TPSA) is 38.8 Å². The number of allylic oxidation sites excluding steroid dienone is 1. The lowest BCUT2D eigenvalue weighted by Gasteiger charge is -2.30. The van der Waals surface area contributed by atoms with E-state index in [2.05, 4.69) is 4.90 Å². The van der Waals surface area contributed by atoms with Crippen LogP contribution < -0.4 is 9.47 Å². The molecule has 2 aliphatic heterocycles. The van der Waals surface area contributed by atoms with E-state index in [-0.39, 0.29) is 11.5 Å². The Morgan fingerprint density at radius 3 is 2.58 bits per heavy atom. The van der Waals surface area contributed by atoms with Crippen LogP contribution in [-0.2, 0) is 13.1 Å². The van der Waals surface area contributed by atoms with Gasteiger partial charge in [-0.05, 0) is 60.0 Å². The molecule has 2 heterocycles. The molecule has 0 N–H and O–H groups in total. The smallest absolute Gasteiger partial charge is 0.232 e. The average Bonchev–Trinajstić information content (AvgIpc) is 3.10. The van der Waals surface area contributed by atoms with E-state index in [1.54, 1.807) is 30.3 Å². The largest absolute Gasteiger partial charge is 0.478 e. The molecule has 0 radical (unpaired) electrons. The van der Waals surface area contributed by atoms with Gasteiger partial charge in [-0.25, -0.2) is 0 Å². The normalized spacial score (nSPS) is 16.4. The van der Waals surface area contributed by atoms with Crippen molar-refractivity contribution in [3.05, 3.63) is 96.1 Å². The number of ketones is 1. The van der Waals surface area contributed by atoms with E-state index in [0.29, 0.717) is 57.0 Å². The second-order valence-corrected chi connectivity index (χ2v) is 9.64. The molecule has 2 aliphatic rings. The van der Waals surface area contributed by atoms with E-state index in [1.165, 1.54) is 0 Å². The lowest BCUT2D eigenvalue weighted by molar-refractivity contribution is 0.0872. The molecule has 0 fully saturated rings. The van der Waals surface area contributed by atoms with Gasteiger partial charge in [0.2, 0.25) is 5.78 Å². The summed E-state index contributed by atoms with van der Waals surface area (Å²) in [5.74, 6) is 1.31. The van der Waals surface area contributed by atoms with Crippen LogP contribution in [-0.4, -0.2) is 17.4 Å². The number of Topliss-reactive ketones (excluding diaryl/α,β-unsaturated/α-hetero) is 1. The third-order valence-corrected chi connectivity index (χ3v) is 6.96. The molecule has 0 unspecified atom stereocenters. The fourth-order valence-electron chi connectivity index (χ4n) is 4.02. The van der Waals surface area contributed by atoms with E-state index < -0.39 is 0 Å². The minimum Gasteiger partial charge on any atom is -0.478 e. The van der Waals surface area contributed by atoms with Crippen LogP contribution in [0.4, 0.5) is 0 Å². The van der Waals surface area contributed by atoms with Crippen molar-refractivity contribution in [3.8, 4) is 11.5 Å². The van der Waals surface area contributed by atoms with Gasteiger partial charge in [0, 0.05) is 23.1 Å². The minimum atomic E-state index is -0.172. The van der Waals surface area contributed by atoms with E-state index in [0.717, 1.165) is 22.3 Å². The van der Waals surface area contributed by atoms with Crippen molar-refractivity contribution < 1.29 is 14.3 Å². The lowest BCUT2D eigenvalue weighted by Crippen LogP contribution is -2.32. The van der Waals surface area contributed by atoms with Gasteiger partial charge in [0.25, 0.3) is 0 Å². The van der Waals surface area contributed by atoms with Crippen LogP contribution in [0.5, 0.6) is 11.5 Å². The Kier molecular flexibility index (Phi) is 6.06. The third kappa shape index (κ3) is 4.34. The molecule has 0 saturated heterocycles. The number of ether oxygens (including phenoxy) is 2. The van der Waals surface area contributed by atoms with E-state index in [4.69, 9.17) is 55.9 Å². The van der Waals surface area contributed by atoms with Gasteiger partial charge < -0.3 is 9.47 Å². The Morgan fingerprint density at radius 2 is 1.82 bits per heavy atom. The zero-order chi connectivity index (χ0) is 23.3. The second-order valence-electron chi connectivity index (χ2n) is 7.98. The molecule has 168 valence electrons. The summed E-state index contributed by atoms with van der Waals surface area (Å²) in [4.78, 5) is 15.3. The summed E-state index contributed by atoms with van der Waals surface area (Å²) in [7, 11) is 0. The summed E-state index contributed by atoms with van der Waals surface area (Å²) in [6.45, 7) is 3.39. The SMILES string of the molecule is Cc1cc2c(c3c1C(=O)/C(=C/c1ccc(Cl)c(Cl)c1)O3)CN(Cc1ccc(Cl)cc1Cl)CO2. The summed E-state index contributed by atoms with van der Waals surface area (Å²) in [5.41, 5.74) is 3.85. The maximum absolute atomic E-state index is 13.2. The first kappa shape index (κ1) is 22.6. The molecule has 3 aromatic rings. The highest BCUT2D eigenvalue weighted by atomic mass is 35.5. The third-order valence-electron chi connectivity index (χ3n) is 5.64. The molecule has 4 nitrogen and oxygen atoms in total. The van der Waals surface area contributed by atoms with Gasteiger partial charge in [-0.2, -0.15) is 0 Å². The fourth-order valence-corrected chi connectivity index (χ4v) is 4.80. The van der Waals surface area contributed by atoms with Gasteiger partial charge in [0.1, 0.15) is 18.2 Å². The molecule has 5 rings (SSSR count). The summed E-state index contributed by atoms with van der Waals surface area (Å²) in [6.07, 6.45) is 1.67. The summed E-state index contributed by atoms with van der Waals surface area (Å²) in [6, 6.07) is 12.5. The van der Waals surface area contributed by atoms with E-state index in [9.17, 15) is 4.79 Å². The molecule has 0 amide bonds. The number of fused-ring (bicyclic) bond motifs is 3. The monoisotopic (exact) mass is 519 g/mol. The Bertz CT molecular complexity index is 1340. The molecule has 0 aliphatic carbocycles. The van der Waals surface area contributed by atoms with Crippen LogP contribution in [0.3, 0.4) is 0 Å². The number of halogens is 4. The van der Waals surface area contributed by atoms with Gasteiger partial charge in [0.05, 0.1) is 21.2 Å². The van der Waals surface area contributed by atoms with E-state index in [1.807, 2.05) is 25.1 Å². The maximum atomic E-state index is 13.2. The maximum Gasteiger partial charge on any atom is 0.232 e. The van der Waals surface area contributed by atoms with Crippen molar-refractivity contribution in [2.45, 2.75) is 20.0 Å². The summed E-state index contributed by atoms with van der Waals surface area (Å²) < 4.78 is 12.1. The second kappa shape index (κ2) is 8.86. The molecule has 0 atom stereocenters. The van der Waals surface area contributed by atoms with Crippen LogP contribution in [0.2, 0.25) is 20.1 Å². The first-order valence-corrected chi connectivity index (χ1v) is 11.7. The van der Waals surface area contributed by atoms with Crippen molar-refractivity contribution in [3.63, 3.8) is 0 Å². The number of hydrogen-bond acceptors (Lipinski definition) is 4. The highest BCUT2D eigenvalue weighted by Crippen LogP contribution is 2.44. The Hall–Kier alpha value is -2.21. The van der Waals surface area contributed by atoms with Crippen molar-refractivity contribution in [2.75, 3.05) is 6.73 Å². The number of benzene rings is 3. The van der Waals surface area contributed by atoms with Crippen molar-refractivity contribution in [1.82, 2.24) is 4.90 Å². The van der Waals surface area contributed by atoms with Gasteiger partial charge in [0.15, 0.2) is 5.76 Å². The van der Waals surface area contributed by atoms with Crippen molar-refractivity contribution in [2.24, 2.45) is 0 Å². The Morgan fingerprint density at radius 1 is 1.00 bits per heavy atom. The molecule has 8 heteroatoms. The quantitative estimate of drug-likeness (QED) is 0.333. The van der Waals surface area contributed by atoms with E-state index >= 15 is 0 Å². The number of rotatable bonds is 3. The molecule has 0 bridgehead atoms. The predicted octanol–water partition coefficient (Wildman–Crippen LogP) is 7.58. The lowest BCUT2D eigenvalue weighted by atomic mass is 9.98. The zero-order valence-electron chi connectivity index (χ0n) is 17.4. The zero-order valence-corrected chi connectivity index (χ0v) is 20.4. The summed E-state index contributed by atoms with van der Waals surface area (Å²) >= 11 is 24.5. The standard InChI is InChI=1S/C25H17Cl4NO3/c1-13-6-21-17(11-30(12-32-21)10-15-3-4-16(26)9-19(15)28)25-23(13)24(31)22(33-25)8-14-2-5-18(27)20(29)7-14/h2-9H,10-12H2,1H3/b22-8-. The highest BCUT2D eigenvalue weighted by Gasteiger charge is 2.35. The van der Waals surface area contributed by atoms with Crippen LogP contribution in [0.1, 0.15) is 32.6 Å². The minimum absolute atomic E-state index is 0.172. The molecule has 33 heavy (non-hydrogen) atoms. The fraction of sp³-hybridized carbons (Fsp3) is 0.160. The molecular formula is C25H17Cl4NO3. The van der Waals surface area contributed by atoms with Crippen molar-refractivity contribution >= 4 is 58.3 Å². The van der Waals surface area contributed by atoms with Crippen LogP contribution in [0.15, 0.2) is 48.2 Å². The van der Waals surface area contributed by atoms with Gasteiger partial charge in [-0.1, -0.05) is 58.5 Å². The molecule has 0 saturated carbocycles. The van der Waals surface area contributed by atoms with Crippen LogP contribution in [0.25, 0.3) is 6.08 Å². The highest BCUT2D eigenvalue weighted by molar-refractivity contribution is 6.42. The van der Waals surface area contributed by atoms with Gasteiger partial charge in [-0.15, -0.1) is 0 Å². The molecule has 0 spiro atoms. The van der Waals surface area contributed by atoms with Crippen LogP contribution >= 0.6 is 46.4 Å². The molecule has 0 aromatic heterocycles. The average molecular weight is 521 g/mol. The summed E-state index contributed by atoms with van der Waals surface area (Å²) in [5, 5.41) is 2.04. The first-order chi connectivity index (χ1) is 15.8. The Balaban J connectivity index is 1.46. The Labute approximate surface area is 211 Å². The number of nitrogens with zero attached hydrogens (tertiary/aromatic N) is 1.